The van der Waals surface area contributed by atoms with Crippen molar-refractivity contribution in [2.24, 2.45) is 11.7 Å². The van der Waals surface area contributed by atoms with E-state index in [2.05, 4.69) is 5.32 Å². The Morgan fingerprint density at radius 1 is 1.32 bits per heavy atom. The van der Waals surface area contributed by atoms with E-state index in [1.54, 1.807) is 30.3 Å². The molecular weight excluding hydrogens is 244 g/mol. The van der Waals surface area contributed by atoms with Crippen molar-refractivity contribution in [3.63, 3.8) is 0 Å². The van der Waals surface area contributed by atoms with Gasteiger partial charge in [0, 0.05) is 0 Å². The summed E-state index contributed by atoms with van der Waals surface area (Å²) in [4.78, 5) is 23.2. The second-order valence-corrected chi connectivity index (χ2v) is 4.60. The summed E-state index contributed by atoms with van der Waals surface area (Å²) in [5.41, 5.74) is 6.32. The average Bonchev–Trinajstić information content (AvgIpc) is 2.43. The molecular formula is C14H20N2O3. The lowest BCUT2D eigenvalue weighted by Gasteiger charge is -2.21. The van der Waals surface area contributed by atoms with Crippen molar-refractivity contribution >= 4 is 11.9 Å². The van der Waals surface area contributed by atoms with Crippen molar-refractivity contribution in [3.8, 4) is 0 Å². The van der Waals surface area contributed by atoms with Gasteiger partial charge in [0.2, 0.25) is 5.91 Å². The molecule has 19 heavy (non-hydrogen) atoms. The summed E-state index contributed by atoms with van der Waals surface area (Å²) >= 11 is 0. The van der Waals surface area contributed by atoms with Crippen LogP contribution in [-0.4, -0.2) is 23.0 Å². The quantitative estimate of drug-likeness (QED) is 0.722. The van der Waals surface area contributed by atoms with Crippen LogP contribution in [0.1, 0.15) is 31.9 Å². The molecule has 1 rings (SSSR count). The number of benzene rings is 1. The first-order chi connectivity index (χ1) is 8.97. The number of carboxylic acids is 1. The summed E-state index contributed by atoms with van der Waals surface area (Å²) in [7, 11) is 0. The van der Waals surface area contributed by atoms with Gasteiger partial charge in [0.05, 0.1) is 6.04 Å². The van der Waals surface area contributed by atoms with E-state index in [1.165, 1.54) is 0 Å². The number of hydrogen-bond donors (Lipinski definition) is 3. The smallest absolute Gasteiger partial charge is 0.330 e. The number of amides is 1. The number of nitrogens with two attached hydrogens (primary N) is 1. The standard InChI is InChI=1S/C14H20N2O3/c1-3-9(2)11(15)13(17)16-12(14(18)19)10-7-5-4-6-8-10/h4-9,11-12H,3,15H2,1-2H3,(H,16,17)(H,18,19)/t9?,11?,12-/m0/s1. The Morgan fingerprint density at radius 2 is 1.89 bits per heavy atom. The number of carboxylic acid groups (broad SMARTS) is 1. The molecule has 1 aromatic carbocycles. The predicted octanol–water partition coefficient (Wildman–Crippen LogP) is 1.30. The van der Waals surface area contributed by atoms with Gasteiger partial charge in [-0.1, -0.05) is 50.6 Å². The van der Waals surface area contributed by atoms with Gasteiger partial charge in [0.15, 0.2) is 6.04 Å². The predicted molar refractivity (Wildman–Crippen MR) is 72.4 cm³/mol. The first-order valence-electron chi connectivity index (χ1n) is 6.31. The molecule has 5 nitrogen and oxygen atoms in total. The maximum atomic E-state index is 11.9. The Kier molecular flexibility index (Phi) is 5.51. The lowest BCUT2D eigenvalue weighted by Crippen LogP contribution is -2.47. The Bertz CT molecular complexity index is 434. The van der Waals surface area contributed by atoms with Crippen LogP contribution in [0.4, 0.5) is 0 Å². The molecule has 4 N–H and O–H groups in total. The largest absolute Gasteiger partial charge is 0.479 e. The van der Waals surface area contributed by atoms with Crippen molar-refractivity contribution in [2.45, 2.75) is 32.4 Å². The Morgan fingerprint density at radius 3 is 2.37 bits per heavy atom. The first-order valence-corrected chi connectivity index (χ1v) is 6.31. The lowest BCUT2D eigenvalue weighted by atomic mass is 9.98. The highest BCUT2D eigenvalue weighted by molar-refractivity contribution is 5.87. The fourth-order valence-corrected chi connectivity index (χ4v) is 1.68. The van der Waals surface area contributed by atoms with Crippen molar-refractivity contribution in [1.29, 1.82) is 0 Å². The molecule has 2 unspecified atom stereocenters. The summed E-state index contributed by atoms with van der Waals surface area (Å²) in [5, 5.41) is 11.7. The van der Waals surface area contributed by atoms with Crippen molar-refractivity contribution < 1.29 is 14.7 Å². The van der Waals surface area contributed by atoms with Crippen LogP contribution >= 0.6 is 0 Å². The van der Waals surface area contributed by atoms with Crippen LogP contribution < -0.4 is 11.1 Å². The van der Waals surface area contributed by atoms with E-state index in [9.17, 15) is 14.7 Å². The number of rotatable bonds is 6. The Hall–Kier alpha value is -1.88. The highest BCUT2D eigenvalue weighted by atomic mass is 16.4. The van der Waals surface area contributed by atoms with Crippen molar-refractivity contribution in [2.75, 3.05) is 0 Å². The molecule has 0 aromatic heterocycles. The maximum absolute atomic E-state index is 11.9. The van der Waals surface area contributed by atoms with Crippen molar-refractivity contribution in [1.82, 2.24) is 5.32 Å². The summed E-state index contributed by atoms with van der Waals surface area (Å²) in [6.45, 7) is 3.80. The van der Waals surface area contributed by atoms with Gasteiger partial charge in [0.1, 0.15) is 0 Å². The van der Waals surface area contributed by atoms with Crippen LogP contribution in [-0.2, 0) is 9.59 Å². The number of carbonyl (C=O) groups is 2. The number of nitrogens with one attached hydrogen (secondary N) is 1. The van der Waals surface area contributed by atoms with E-state index in [-0.39, 0.29) is 5.92 Å². The van der Waals surface area contributed by atoms with Crippen molar-refractivity contribution in [3.05, 3.63) is 35.9 Å². The highest BCUT2D eigenvalue weighted by Crippen LogP contribution is 2.14. The SMILES string of the molecule is CCC(C)C(N)C(=O)N[C@H](C(=O)O)c1ccccc1. The van der Waals surface area contributed by atoms with Gasteiger partial charge in [-0.2, -0.15) is 0 Å². The van der Waals surface area contributed by atoms with Crippen LogP contribution in [0.25, 0.3) is 0 Å². The second-order valence-electron chi connectivity index (χ2n) is 4.60. The number of carbonyl (C=O) groups excluding carboxylic acids is 1. The molecule has 1 aromatic rings. The summed E-state index contributed by atoms with van der Waals surface area (Å²) in [6, 6.07) is 6.80. The van der Waals surface area contributed by atoms with E-state index in [4.69, 9.17) is 5.73 Å². The van der Waals surface area contributed by atoms with Crippen LogP contribution in [0, 0.1) is 5.92 Å². The normalized spacial score (nSPS) is 15.3. The van der Waals surface area contributed by atoms with E-state index in [0.29, 0.717) is 5.56 Å². The summed E-state index contributed by atoms with van der Waals surface area (Å²) < 4.78 is 0. The third-order valence-electron chi connectivity index (χ3n) is 3.23. The van der Waals surface area contributed by atoms with Crippen LogP contribution in [0.2, 0.25) is 0 Å². The molecule has 5 heteroatoms. The third kappa shape index (κ3) is 4.06. The minimum Gasteiger partial charge on any atom is -0.479 e. The zero-order chi connectivity index (χ0) is 14.4. The van der Waals surface area contributed by atoms with Gasteiger partial charge >= 0.3 is 5.97 Å². The molecule has 0 saturated carbocycles. The van der Waals surface area contributed by atoms with Gasteiger partial charge in [-0.15, -0.1) is 0 Å². The van der Waals surface area contributed by atoms with Gasteiger partial charge in [-0.25, -0.2) is 4.79 Å². The molecule has 0 bridgehead atoms. The van der Waals surface area contributed by atoms with Crippen LogP contribution in [0.15, 0.2) is 30.3 Å². The maximum Gasteiger partial charge on any atom is 0.330 e. The number of hydrogen-bond acceptors (Lipinski definition) is 3. The number of aliphatic carboxylic acids is 1. The Labute approximate surface area is 112 Å². The topological polar surface area (TPSA) is 92.4 Å². The third-order valence-corrected chi connectivity index (χ3v) is 3.23. The molecule has 0 spiro atoms. The minimum atomic E-state index is -1.10. The van der Waals surface area contributed by atoms with Gasteiger partial charge < -0.3 is 16.2 Å². The first kappa shape index (κ1) is 15.2. The fraction of sp³-hybridized carbons (Fsp3) is 0.429. The van der Waals surface area contributed by atoms with Gasteiger partial charge in [-0.05, 0) is 11.5 Å². The summed E-state index contributed by atoms with van der Waals surface area (Å²) in [5.74, 6) is -1.54. The minimum absolute atomic E-state index is 0.00483. The van der Waals surface area contributed by atoms with Gasteiger partial charge in [-0.3, -0.25) is 4.79 Å². The van der Waals surface area contributed by atoms with E-state index >= 15 is 0 Å². The van der Waals surface area contributed by atoms with Crippen LogP contribution in [0.5, 0.6) is 0 Å². The zero-order valence-electron chi connectivity index (χ0n) is 11.2. The molecule has 0 aliphatic rings. The van der Waals surface area contributed by atoms with E-state index in [1.807, 2.05) is 13.8 Å². The molecule has 3 atom stereocenters. The molecule has 1 amide bonds. The molecule has 0 saturated heterocycles. The van der Waals surface area contributed by atoms with E-state index < -0.39 is 24.0 Å². The zero-order valence-corrected chi connectivity index (χ0v) is 11.2. The molecule has 0 aliphatic carbocycles. The highest BCUT2D eigenvalue weighted by Gasteiger charge is 2.26. The second kappa shape index (κ2) is 6.89. The molecule has 0 heterocycles. The summed E-state index contributed by atoms with van der Waals surface area (Å²) in [6.07, 6.45) is 0.762. The lowest BCUT2D eigenvalue weighted by molar-refractivity contribution is -0.142. The van der Waals surface area contributed by atoms with Crippen LogP contribution in [0.3, 0.4) is 0 Å². The average molecular weight is 264 g/mol. The molecule has 0 radical (unpaired) electrons. The van der Waals surface area contributed by atoms with E-state index in [0.717, 1.165) is 6.42 Å². The molecule has 0 fully saturated rings. The molecule has 0 aliphatic heterocycles. The monoisotopic (exact) mass is 264 g/mol. The molecule has 104 valence electrons. The van der Waals surface area contributed by atoms with Gasteiger partial charge in [0.25, 0.3) is 0 Å². The fourth-order valence-electron chi connectivity index (χ4n) is 1.68. The Balaban J connectivity index is 2.81.